The number of halogens is 7. The highest BCUT2D eigenvalue weighted by Crippen LogP contribution is 2.42. The molecular weight excluding hydrogens is 561 g/mol. The second-order valence-corrected chi connectivity index (χ2v) is 8.84. The summed E-state index contributed by atoms with van der Waals surface area (Å²) in [6.45, 7) is 4.26. The van der Waals surface area contributed by atoms with Crippen molar-refractivity contribution in [2.45, 2.75) is 50.2 Å². The zero-order valence-electron chi connectivity index (χ0n) is 20.9. The number of carboxylic acid groups (broad SMARTS) is 2. The Balaban J connectivity index is 0.000000333. The first-order chi connectivity index (χ1) is 18.6. The molecule has 2 aromatic heterocycles. The maximum Gasteiger partial charge on any atom is 0.490 e. The molecule has 2 saturated heterocycles. The van der Waals surface area contributed by atoms with Gasteiger partial charge in [-0.1, -0.05) is 0 Å². The van der Waals surface area contributed by atoms with Gasteiger partial charge in [0.1, 0.15) is 0 Å². The van der Waals surface area contributed by atoms with Crippen LogP contribution >= 0.6 is 0 Å². The van der Waals surface area contributed by atoms with Crippen LogP contribution in [0.5, 0.6) is 5.88 Å². The van der Waals surface area contributed by atoms with E-state index in [1.54, 1.807) is 18.5 Å². The summed E-state index contributed by atoms with van der Waals surface area (Å²) in [7, 11) is 0. The van der Waals surface area contributed by atoms with Gasteiger partial charge in [-0.15, -0.1) is 0 Å². The number of carbonyl (C=O) groups is 2. The van der Waals surface area contributed by atoms with Gasteiger partial charge >= 0.3 is 24.3 Å². The molecule has 0 aliphatic carbocycles. The average Bonchev–Trinajstić information content (AvgIpc) is 3.52. The van der Waals surface area contributed by atoms with Crippen molar-refractivity contribution < 1.29 is 64.4 Å². The number of carboxylic acids is 2. The van der Waals surface area contributed by atoms with Crippen LogP contribution in [0.2, 0.25) is 0 Å². The number of rotatable bonds is 6. The summed E-state index contributed by atoms with van der Waals surface area (Å²) in [5.74, 6) is -5.36. The minimum absolute atomic E-state index is 0.0427. The van der Waals surface area contributed by atoms with Crippen LogP contribution in [0.3, 0.4) is 0 Å². The summed E-state index contributed by atoms with van der Waals surface area (Å²) in [5.41, 5.74) is 1.18. The molecule has 1 atom stereocenters. The first-order valence-corrected chi connectivity index (χ1v) is 11.8. The van der Waals surface area contributed by atoms with Crippen LogP contribution in [-0.4, -0.2) is 76.3 Å². The molecule has 0 saturated carbocycles. The summed E-state index contributed by atoms with van der Waals surface area (Å²) < 4.78 is 94.0. The molecule has 4 rings (SSSR count). The number of furan rings is 1. The summed E-state index contributed by atoms with van der Waals surface area (Å²) >= 11 is 0. The summed E-state index contributed by atoms with van der Waals surface area (Å²) in [6, 6.07) is 4.96. The lowest BCUT2D eigenvalue weighted by atomic mass is 9.78. The molecule has 2 N–H and O–H groups in total. The predicted molar refractivity (Wildman–Crippen MR) is 122 cm³/mol. The Kier molecular flexibility index (Phi) is 11.7. The third kappa shape index (κ3) is 10.3. The van der Waals surface area contributed by atoms with Crippen LogP contribution in [0.1, 0.15) is 31.2 Å². The highest BCUT2D eigenvalue weighted by Gasteiger charge is 2.45. The molecule has 1 unspecified atom stereocenters. The zero-order valence-corrected chi connectivity index (χ0v) is 20.9. The Morgan fingerprint density at radius 1 is 1.07 bits per heavy atom. The predicted octanol–water partition coefficient (Wildman–Crippen LogP) is 4.92. The van der Waals surface area contributed by atoms with Crippen molar-refractivity contribution >= 4 is 11.9 Å². The van der Waals surface area contributed by atoms with Crippen molar-refractivity contribution in [1.29, 1.82) is 0 Å². The molecule has 16 heteroatoms. The largest absolute Gasteiger partial charge is 0.490 e. The molecule has 0 amide bonds. The van der Waals surface area contributed by atoms with Gasteiger partial charge in [0, 0.05) is 38.0 Å². The molecule has 2 aliphatic rings. The van der Waals surface area contributed by atoms with Gasteiger partial charge in [0.15, 0.2) is 5.82 Å². The molecule has 2 aliphatic heterocycles. The van der Waals surface area contributed by atoms with Gasteiger partial charge in [0.2, 0.25) is 5.88 Å². The first-order valence-electron chi connectivity index (χ1n) is 11.8. The van der Waals surface area contributed by atoms with Crippen LogP contribution in [0, 0.1) is 11.7 Å². The van der Waals surface area contributed by atoms with Crippen molar-refractivity contribution in [2.24, 2.45) is 5.92 Å². The van der Waals surface area contributed by atoms with E-state index in [0.29, 0.717) is 12.5 Å². The number of hydrogen-bond donors (Lipinski definition) is 2. The van der Waals surface area contributed by atoms with E-state index in [-0.39, 0.29) is 11.5 Å². The van der Waals surface area contributed by atoms with Crippen LogP contribution in [0.4, 0.5) is 30.7 Å². The Morgan fingerprint density at radius 3 is 2.17 bits per heavy atom. The number of ether oxygens (including phenoxy) is 2. The molecule has 4 heterocycles. The maximum absolute atomic E-state index is 13.6. The zero-order chi connectivity index (χ0) is 30.0. The van der Waals surface area contributed by atoms with Gasteiger partial charge in [-0.25, -0.2) is 19.0 Å². The normalized spacial score (nSPS) is 18.7. The minimum Gasteiger partial charge on any atom is -0.476 e. The Hall–Kier alpha value is -3.40. The molecule has 1 spiro atoms. The van der Waals surface area contributed by atoms with Crippen LogP contribution in [0.25, 0.3) is 0 Å². The van der Waals surface area contributed by atoms with Crippen LogP contribution < -0.4 is 4.74 Å². The topological polar surface area (TPSA) is 122 Å². The number of piperidine rings is 1. The third-order valence-electron chi connectivity index (χ3n) is 6.20. The van der Waals surface area contributed by atoms with Crippen molar-refractivity contribution in [2.75, 3.05) is 26.3 Å². The lowest BCUT2D eigenvalue weighted by Gasteiger charge is -2.42. The third-order valence-corrected chi connectivity index (χ3v) is 6.20. The fourth-order valence-corrected chi connectivity index (χ4v) is 4.25. The van der Waals surface area contributed by atoms with E-state index in [0.717, 1.165) is 51.9 Å². The monoisotopic (exact) mass is 588 g/mol. The molecule has 40 heavy (non-hydrogen) atoms. The highest BCUT2D eigenvalue weighted by atomic mass is 19.4. The number of nitrogens with zero attached hydrogens (tertiary/aromatic N) is 2. The summed E-state index contributed by atoms with van der Waals surface area (Å²) in [6.07, 6.45) is -1.09. The maximum atomic E-state index is 13.6. The van der Waals surface area contributed by atoms with E-state index in [9.17, 15) is 30.7 Å². The Bertz CT molecular complexity index is 1050. The molecule has 2 fully saturated rings. The SMILES string of the molecule is Fc1cccnc1OCCC1CCOC12CCN(Cc1ccoc1)CC2.O=C(O)C(F)(F)F.O=C(O)C(F)(F)F. The Morgan fingerprint density at radius 2 is 1.68 bits per heavy atom. The van der Waals surface area contributed by atoms with E-state index < -0.39 is 30.1 Å². The molecule has 0 bridgehead atoms. The molecule has 0 aromatic carbocycles. The highest BCUT2D eigenvalue weighted by molar-refractivity contribution is 5.73. The number of aromatic nitrogens is 1. The van der Waals surface area contributed by atoms with E-state index in [4.69, 9.17) is 33.7 Å². The first kappa shape index (κ1) is 32.8. The number of pyridine rings is 1. The van der Waals surface area contributed by atoms with E-state index in [2.05, 4.69) is 9.88 Å². The van der Waals surface area contributed by atoms with Gasteiger partial charge in [0.25, 0.3) is 0 Å². The second-order valence-electron chi connectivity index (χ2n) is 8.84. The van der Waals surface area contributed by atoms with Crippen molar-refractivity contribution in [3.63, 3.8) is 0 Å². The Labute approximate surface area is 223 Å². The molecule has 224 valence electrons. The lowest BCUT2D eigenvalue weighted by Crippen LogP contribution is -2.47. The summed E-state index contributed by atoms with van der Waals surface area (Å²) in [5, 5.41) is 14.2. The fourth-order valence-electron chi connectivity index (χ4n) is 4.25. The number of aliphatic carboxylic acids is 2. The lowest BCUT2D eigenvalue weighted by molar-refractivity contribution is -0.193. The van der Waals surface area contributed by atoms with Crippen molar-refractivity contribution in [3.8, 4) is 5.88 Å². The van der Waals surface area contributed by atoms with E-state index in [1.807, 2.05) is 12.3 Å². The smallest absolute Gasteiger partial charge is 0.476 e. The molecule has 9 nitrogen and oxygen atoms in total. The van der Waals surface area contributed by atoms with Gasteiger partial charge in [-0.2, -0.15) is 26.3 Å². The fraction of sp³-hybridized carbons (Fsp3) is 0.542. The van der Waals surface area contributed by atoms with Gasteiger partial charge in [-0.05, 0) is 49.8 Å². The van der Waals surface area contributed by atoms with E-state index >= 15 is 0 Å². The second kappa shape index (κ2) is 14.3. The minimum atomic E-state index is -5.08. The summed E-state index contributed by atoms with van der Waals surface area (Å²) in [4.78, 5) is 24.2. The quantitative estimate of drug-likeness (QED) is 0.453. The standard InChI is InChI=1S/C20H25FN2O3.2C2HF3O2/c21-18-2-1-8-22-19(18)25-12-4-17-5-13-26-20(17)6-9-23(10-7-20)14-16-3-11-24-15-16;2*3-2(4,5)1(6)7/h1-3,8,11,15,17H,4-7,9-10,12-14H2;2*(H,6,7). The van der Waals surface area contributed by atoms with Crippen molar-refractivity contribution in [3.05, 3.63) is 48.3 Å². The van der Waals surface area contributed by atoms with Crippen LogP contribution in [0.15, 0.2) is 41.3 Å². The number of alkyl halides is 6. The number of likely N-dealkylation sites (tertiary alicyclic amines) is 1. The van der Waals surface area contributed by atoms with Gasteiger partial charge in [0.05, 0.1) is 24.7 Å². The van der Waals surface area contributed by atoms with Gasteiger partial charge in [-0.3, -0.25) is 4.90 Å². The van der Waals surface area contributed by atoms with Crippen molar-refractivity contribution in [1.82, 2.24) is 9.88 Å². The molecule has 2 aromatic rings. The van der Waals surface area contributed by atoms with Crippen LogP contribution in [-0.2, 0) is 20.9 Å². The number of hydrogen-bond acceptors (Lipinski definition) is 7. The molecular formula is C24H27F7N2O7. The molecule has 0 radical (unpaired) electrons. The van der Waals surface area contributed by atoms with E-state index in [1.165, 1.54) is 11.6 Å². The van der Waals surface area contributed by atoms with Gasteiger partial charge < -0.3 is 24.1 Å². The average molecular weight is 588 g/mol.